The van der Waals surface area contributed by atoms with Gasteiger partial charge in [0.15, 0.2) is 5.58 Å². The molecule has 4 rings (SSSR count). The summed E-state index contributed by atoms with van der Waals surface area (Å²) in [4.78, 5) is 17.0. The maximum Gasteiger partial charge on any atom is 0.228 e. The molecule has 1 amide bonds. The summed E-state index contributed by atoms with van der Waals surface area (Å²) in [6.07, 6.45) is 0.294. The molecule has 0 N–H and O–H groups in total. The number of aromatic nitrogens is 3. The Morgan fingerprint density at radius 2 is 1.89 bits per heavy atom. The molecule has 0 atom stereocenters. The first-order valence-electron chi connectivity index (χ1n) is 9.44. The van der Waals surface area contributed by atoms with Gasteiger partial charge in [-0.1, -0.05) is 17.3 Å². The number of rotatable bonds is 5. The standard InChI is InChI=1S/C20H25N5O2/c1-15-13-16(2)25(21-15)12-9-23-7-10-24(11-8-23)20(26)14-18-17-5-3-4-6-19(17)27-22-18/h3-6,13H,7-12,14H2,1-2H3. The van der Waals surface area contributed by atoms with Crippen LogP contribution in [0.2, 0.25) is 0 Å². The van der Waals surface area contributed by atoms with Crippen LogP contribution in [-0.4, -0.2) is 63.4 Å². The maximum atomic E-state index is 12.7. The summed E-state index contributed by atoms with van der Waals surface area (Å²) < 4.78 is 7.36. The van der Waals surface area contributed by atoms with Gasteiger partial charge in [-0.3, -0.25) is 14.4 Å². The van der Waals surface area contributed by atoms with Crippen LogP contribution in [0.5, 0.6) is 0 Å². The molecule has 3 aromatic rings. The molecule has 27 heavy (non-hydrogen) atoms. The minimum atomic E-state index is 0.118. The average molecular weight is 367 g/mol. The molecule has 0 saturated carbocycles. The molecular formula is C20H25N5O2. The monoisotopic (exact) mass is 367 g/mol. The van der Waals surface area contributed by atoms with Gasteiger partial charge in [0.1, 0.15) is 5.69 Å². The van der Waals surface area contributed by atoms with Crippen molar-refractivity contribution in [1.29, 1.82) is 0 Å². The van der Waals surface area contributed by atoms with Crippen molar-refractivity contribution in [3.8, 4) is 0 Å². The fourth-order valence-corrected chi connectivity index (χ4v) is 3.68. The van der Waals surface area contributed by atoms with Crippen molar-refractivity contribution in [1.82, 2.24) is 24.7 Å². The zero-order valence-corrected chi connectivity index (χ0v) is 15.9. The molecule has 1 fully saturated rings. The van der Waals surface area contributed by atoms with Crippen LogP contribution in [0.15, 0.2) is 34.9 Å². The number of nitrogens with zero attached hydrogens (tertiary/aromatic N) is 5. The highest BCUT2D eigenvalue weighted by molar-refractivity contribution is 5.86. The lowest BCUT2D eigenvalue weighted by atomic mass is 10.1. The molecule has 0 spiro atoms. The minimum Gasteiger partial charge on any atom is -0.356 e. The van der Waals surface area contributed by atoms with Crippen molar-refractivity contribution in [3.63, 3.8) is 0 Å². The van der Waals surface area contributed by atoms with Crippen molar-refractivity contribution >= 4 is 16.9 Å². The summed E-state index contributed by atoms with van der Waals surface area (Å²) >= 11 is 0. The number of carbonyl (C=O) groups excluding carboxylic acids is 1. The third-order valence-corrected chi connectivity index (χ3v) is 5.23. The zero-order valence-electron chi connectivity index (χ0n) is 15.9. The number of carbonyl (C=O) groups is 1. The van der Waals surface area contributed by atoms with Gasteiger partial charge in [0.05, 0.1) is 18.7 Å². The quantitative estimate of drug-likeness (QED) is 0.690. The second-order valence-electron chi connectivity index (χ2n) is 7.17. The van der Waals surface area contributed by atoms with E-state index in [9.17, 15) is 4.79 Å². The Hall–Kier alpha value is -2.67. The molecule has 1 aromatic carbocycles. The zero-order chi connectivity index (χ0) is 18.8. The second kappa shape index (κ2) is 7.52. The van der Waals surface area contributed by atoms with Gasteiger partial charge in [-0.05, 0) is 32.0 Å². The molecule has 0 aliphatic carbocycles. The van der Waals surface area contributed by atoms with E-state index in [1.165, 1.54) is 5.69 Å². The number of amides is 1. The first-order chi connectivity index (χ1) is 13.1. The van der Waals surface area contributed by atoms with Gasteiger partial charge < -0.3 is 9.42 Å². The van der Waals surface area contributed by atoms with Crippen LogP contribution in [0, 0.1) is 13.8 Å². The number of piperazine rings is 1. The fourth-order valence-electron chi connectivity index (χ4n) is 3.68. The van der Waals surface area contributed by atoms with Gasteiger partial charge in [0.2, 0.25) is 5.91 Å². The van der Waals surface area contributed by atoms with Crippen LogP contribution >= 0.6 is 0 Å². The van der Waals surface area contributed by atoms with Gasteiger partial charge in [-0.15, -0.1) is 0 Å². The van der Waals surface area contributed by atoms with E-state index < -0.39 is 0 Å². The van der Waals surface area contributed by atoms with Crippen molar-refractivity contribution < 1.29 is 9.32 Å². The molecule has 3 heterocycles. The summed E-state index contributed by atoms with van der Waals surface area (Å²) in [5, 5.41) is 9.52. The molecule has 2 aromatic heterocycles. The first-order valence-corrected chi connectivity index (χ1v) is 9.44. The number of para-hydroxylation sites is 1. The highest BCUT2D eigenvalue weighted by Crippen LogP contribution is 2.19. The summed E-state index contributed by atoms with van der Waals surface area (Å²) in [5.74, 6) is 0.118. The van der Waals surface area contributed by atoms with Gasteiger partial charge in [0, 0.05) is 43.8 Å². The Morgan fingerprint density at radius 1 is 1.11 bits per heavy atom. The van der Waals surface area contributed by atoms with Crippen molar-refractivity contribution in [2.24, 2.45) is 0 Å². The molecule has 0 unspecified atom stereocenters. The number of benzene rings is 1. The highest BCUT2D eigenvalue weighted by Gasteiger charge is 2.23. The Kier molecular flexibility index (Phi) is 4.94. The lowest BCUT2D eigenvalue weighted by Crippen LogP contribution is -2.49. The third kappa shape index (κ3) is 3.88. The number of hydrogen-bond donors (Lipinski definition) is 0. The van der Waals surface area contributed by atoms with E-state index in [1.54, 1.807) is 0 Å². The fraction of sp³-hybridized carbons (Fsp3) is 0.450. The number of hydrogen-bond acceptors (Lipinski definition) is 5. The van der Waals surface area contributed by atoms with E-state index in [0.717, 1.165) is 61.6 Å². The topological polar surface area (TPSA) is 67.4 Å². The first kappa shape index (κ1) is 17.7. The van der Waals surface area contributed by atoms with E-state index in [4.69, 9.17) is 4.52 Å². The van der Waals surface area contributed by atoms with Crippen molar-refractivity contribution in [3.05, 3.63) is 47.4 Å². The number of fused-ring (bicyclic) bond motifs is 1. The summed E-state index contributed by atoms with van der Waals surface area (Å²) in [6.45, 7) is 9.25. The lowest BCUT2D eigenvalue weighted by Gasteiger charge is -2.34. The molecule has 1 aliphatic heterocycles. The van der Waals surface area contributed by atoms with Gasteiger partial charge >= 0.3 is 0 Å². The molecular weight excluding hydrogens is 342 g/mol. The smallest absolute Gasteiger partial charge is 0.228 e. The van der Waals surface area contributed by atoms with Crippen LogP contribution in [-0.2, 0) is 17.8 Å². The Labute approximate surface area is 158 Å². The van der Waals surface area contributed by atoms with Gasteiger partial charge in [0.25, 0.3) is 0 Å². The van der Waals surface area contributed by atoms with Crippen molar-refractivity contribution in [2.75, 3.05) is 32.7 Å². The predicted molar refractivity (Wildman–Crippen MR) is 102 cm³/mol. The summed E-state index contributed by atoms with van der Waals surface area (Å²) in [6, 6.07) is 9.77. The molecule has 7 nitrogen and oxygen atoms in total. The molecule has 1 saturated heterocycles. The van der Waals surface area contributed by atoms with Crippen LogP contribution in [0.25, 0.3) is 11.0 Å². The second-order valence-corrected chi connectivity index (χ2v) is 7.17. The molecule has 0 radical (unpaired) electrons. The van der Waals surface area contributed by atoms with Crippen LogP contribution in [0.4, 0.5) is 0 Å². The number of aryl methyl sites for hydroxylation is 2. The molecule has 0 bridgehead atoms. The molecule has 7 heteroatoms. The predicted octanol–water partition coefficient (Wildman–Crippen LogP) is 2.03. The maximum absolute atomic E-state index is 12.7. The van der Waals surface area contributed by atoms with E-state index in [-0.39, 0.29) is 5.91 Å². The molecule has 142 valence electrons. The minimum absolute atomic E-state index is 0.118. The van der Waals surface area contributed by atoms with Crippen LogP contribution < -0.4 is 0 Å². The lowest BCUT2D eigenvalue weighted by molar-refractivity contribution is -0.132. The van der Waals surface area contributed by atoms with Crippen LogP contribution in [0.1, 0.15) is 17.1 Å². The summed E-state index contributed by atoms with van der Waals surface area (Å²) in [5.41, 5.74) is 3.71. The van der Waals surface area contributed by atoms with E-state index in [1.807, 2.05) is 36.1 Å². The Bertz CT molecular complexity index is 937. The largest absolute Gasteiger partial charge is 0.356 e. The SMILES string of the molecule is Cc1cc(C)n(CCN2CCN(C(=O)Cc3noc4ccccc34)CC2)n1. The van der Waals surface area contributed by atoms with E-state index >= 15 is 0 Å². The Morgan fingerprint density at radius 3 is 2.63 bits per heavy atom. The normalized spacial score (nSPS) is 15.6. The molecule has 1 aliphatic rings. The van der Waals surface area contributed by atoms with Crippen molar-refractivity contribution in [2.45, 2.75) is 26.8 Å². The summed E-state index contributed by atoms with van der Waals surface area (Å²) in [7, 11) is 0. The Balaban J connectivity index is 1.28. The van der Waals surface area contributed by atoms with Gasteiger partial charge in [-0.2, -0.15) is 5.10 Å². The highest BCUT2D eigenvalue weighted by atomic mass is 16.5. The van der Waals surface area contributed by atoms with Crippen LogP contribution in [0.3, 0.4) is 0 Å². The van der Waals surface area contributed by atoms with E-state index in [0.29, 0.717) is 6.42 Å². The van der Waals surface area contributed by atoms with Gasteiger partial charge in [-0.25, -0.2) is 0 Å². The third-order valence-electron chi connectivity index (χ3n) is 5.23. The average Bonchev–Trinajstić information content (AvgIpc) is 3.23. The van der Waals surface area contributed by atoms with E-state index in [2.05, 4.69) is 32.8 Å².